The van der Waals surface area contributed by atoms with Gasteiger partial charge in [-0.25, -0.2) is 4.98 Å². The lowest BCUT2D eigenvalue weighted by atomic mass is 10.1. The van der Waals surface area contributed by atoms with E-state index in [0.29, 0.717) is 6.07 Å². The fourth-order valence-electron chi connectivity index (χ4n) is 1.24. The molecular formula is C12H12F3N3O. The minimum Gasteiger partial charge on any atom is -0.365 e. The summed E-state index contributed by atoms with van der Waals surface area (Å²) in [5, 5.41) is 2.58. The minimum atomic E-state index is -4.62. The Morgan fingerprint density at radius 1 is 1.42 bits per heavy atom. The smallest absolute Gasteiger partial charge is 0.365 e. The minimum absolute atomic E-state index is 0.156. The first-order valence-electron chi connectivity index (χ1n) is 5.21. The summed E-state index contributed by atoms with van der Waals surface area (Å²) < 4.78 is 37.7. The second-order valence-corrected chi connectivity index (χ2v) is 4.35. The molecule has 3 N–H and O–H groups in total. The molecule has 19 heavy (non-hydrogen) atoms. The summed E-state index contributed by atoms with van der Waals surface area (Å²) in [5.41, 5.74) is 2.82. The summed E-state index contributed by atoms with van der Waals surface area (Å²) >= 11 is 0. The highest BCUT2D eigenvalue weighted by Crippen LogP contribution is 2.30. The number of carbonyl (C=O) groups excluding carboxylic acids is 1. The molecule has 0 aromatic carbocycles. The highest BCUT2D eigenvalue weighted by Gasteiger charge is 2.34. The van der Waals surface area contributed by atoms with E-state index in [9.17, 15) is 18.0 Å². The number of anilines is 1. The fourth-order valence-corrected chi connectivity index (χ4v) is 1.24. The van der Waals surface area contributed by atoms with Crippen LogP contribution in [0.1, 0.15) is 29.9 Å². The van der Waals surface area contributed by atoms with E-state index < -0.39 is 23.3 Å². The van der Waals surface area contributed by atoms with Gasteiger partial charge in [-0.15, -0.1) is 6.42 Å². The predicted octanol–water partition coefficient (Wildman–Crippen LogP) is 2.02. The second kappa shape index (κ2) is 4.80. The van der Waals surface area contributed by atoms with Crippen LogP contribution in [0.2, 0.25) is 0 Å². The van der Waals surface area contributed by atoms with Gasteiger partial charge in [0.1, 0.15) is 11.5 Å². The number of nitrogens with zero attached hydrogens (tertiary/aromatic N) is 1. The van der Waals surface area contributed by atoms with E-state index in [1.165, 1.54) is 0 Å². The van der Waals surface area contributed by atoms with Crippen LogP contribution >= 0.6 is 0 Å². The molecule has 0 spiro atoms. The van der Waals surface area contributed by atoms with Gasteiger partial charge in [-0.1, -0.05) is 5.92 Å². The fraction of sp³-hybridized carbons (Fsp3) is 0.333. The first-order valence-corrected chi connectivity index (χ1v) is 5.21. The molecule has 0 unspecified atom stereocenters. The summed E-state index contributed by atoms with van der Waals surface area (Å²) in [6.45, 7) is 3.11. The van der Waals surface area contributed by atoms with Crippen molar-refractivity contribution in [1.82, 2.24) is 4.98 Å². The summed E-state index contributed by atoms with van der Waals surface area (Å²) in [4.78, 5) is 14.5. The van der Waals surface area contributed by atoms with Gasteiger partial charge in [0.2, 0.25) is 0 Å². The topological polar surface area (TPSA) is 68.0 Å². The molecular weight excluding hydrogens is 259 g/mol. The van der Waals surface area contributed by atoms with Crippen molar-refractivity contribution in [1.29, 1.82) is 0 Å². The lowest BCUT2D eigenvalue weighted by Crippen LogP contribution is -2.31. The van der Waals surface area contributed by atoms with Crippen molar-refractivity contribution in [3.63, 3.8) is 0 Å². The maximum atomic E-state index is 12.6. The maximum absolute atomic E-state index is 12.6. The Morgan fingerprint density at radius 3 is 2.42 bits per heavy atom. The number of nitrogens with two attached hydrogens (primary N) is 1. The molecule has 1 aromatic heterocycles. The standard InChI is InChI=1S/C12H12F3N3O/c1-4-11(2,3)18-10-7(9(16)19)5-6-8(17-10)12(13,14)15/h1,5-6H,2-3H3,(H2,16,19)(H,17,18). The third-order valence-corrected chi connectivity index (χ3v) is 2.24. The number of hydrogen-bond donors (Lipinski definition) is 2. The molecule has 0 atom stereocenters. The van der Waals surface area contributed by atoms with Crippen molar-refractivity contribution in [2.75, 3.05) is 5.32 Å². The first-order chi connectivity index (χ1) is 8.57. The Kier molecular flexibility index (Phi) is 3.75. The number of carbonyl (C=O) groups is 1. The monoisotopic (exact) mass is 271 g/mol. The van der Waals surface area contributed by atoms with Crippen LogP contribution in [0.15, 0.2) is 12.1 Å². The van der Waals surface area contributed by atoms with Crippen LogP contribution in [0.5, 0.6) is 0 Å². The third-order valence-electron chi connectivity index (χ3n) is 2.24. The summed E-state index contributed by atoms with van der Waals surface area (Å²) in [6, 6.07) is 1.65. The van der Waals surface area contributed by atoms with Gasteiger partial charge in [0.05, 0.1) is 11.1 Å². The van der Waals surface area contributed by atoms with Crippen molar-refractivity contribution >= 4 is 11.7 Å². The van der Waals surface area contributed by atoms with Gasteiger partial charge < -0.3 is 11.1 Å². The van der Waals surface area contributed by atoms with Crippen LogP contribution in [0, 0.1) is 12.3 Å². The lowest BCUT2D eigenvalue weighted by molar-refractivity contribution is -0.141. The molecule has 0 aliphatic heterocycles. The van der Waals surface area contributed by atoms with E-state index in [2.05, 4.69) is 16.2 Å². The number of primary amides is 1. The number of alkyl halides is 3. The van der Waals surface area contributed by atoms with Gasteiger partial charge >= 0.3 is 6.18 Å². The molecule has 102 valence electrons. The molecule has 0 aliphatic carbocycles. The van der Waals surface area contributed by atoms with Crippen molar-refractivity contribution in [3.8, 4) is 12.3 Å². The summed E-state index contributed by atoms with van der Waals surface area (Å²) in [5.74, 6) is 1.15. The number of hydrogen-bond acceptors (Lipinski definition) is 3. The van der Waals surface area contributed by atoms with Gasteiger partial charge in [0.25, 0.3) is 5.91 Å². The Hall–Kier alpha value is -2.23. The highest BCUT2D eigenvalue weighted by atomic mass is 19.4. The Morgan fingerprint density at radius 2 is 2.00 bits per heavy atom. The van der Waals surface area contributed by atoms with Crippen LogP contribution < -0.4 is 11.1 Å². The summed E-state index contributed by atoms with van der Waals surface area (Å²) in [7, 11) is 0. The largest absolute Gasteiger partial charge is 0.433 e. The van der Waals surface area contributed by atoms with Crippen molar-refractivity contribution < 1.29 is 18.0 Å². The SMILES string of the molecule is C#CC(C)(C)Nc1nc(C(F)(F)F)ccc1C(N)=O. The van der Waals surface area contributed by atoms with Crippen LogP contribution in [0.3, 0.4) is 0 Å². The van der Waals surface area contributed by atoms with Crippen LogP contribution in [-0.2, 0) is 6.18 Å². The van der Waals surface area contributed by atoms with E-state index in [-0.39, 0.29) is 11.4 Å². The van der Waals surface area contributed by atoms with Crippen LogP contribution in [-0.4, -0.2) is 16.4 Å². The number of halogens is 3. The molecule has 0 bridgehead atoms. The molecule has 1 amide bonds. The average Bonchev–Trinajstić information content (AvgIpc) is 2.27. The van der Waals surface area contributed by atoms with Crippen molar-refractivity contribution in [2.24, 2.45) is 5.73 Å². The molecule has 0 saturated carbocycles. The van der Waals surface area contributed by atoms with E-state index in [1.807, 2.05) is 0 Å². The zero-order valence-electron chi connectivity index (χ0n) is 10.3. The van der Waals surface area contributed by atoms with Crippen LogP contribution in [0.25, 0.3) is 0 Å². The third kappa shape index (κ3) is 3.61. The summed E-state index contributed by atoms with van der Waals surface area (Å²) in [6.07, 6.45) is 0.607. The van der Waals surface area contributed by atoms with E-state index >= 15 is 0 Å². The van der Waals surface area contributed by atoms with Gasteiger partial charge in [-0.3, -0.25) is 4.79 Å². The number of nitrogens with one attached hydrogen (secondary N) is 1. The number of aromatic nitrogens is 1. The predicted molar refractivity (Wildman–Crippen MR) is 64.3 cm³/mol. The molecule has 0 fully saturated rings. The molecule has 4 nitrogen and oxygen atoms in total. The highest BCUT2D eigenvalue weighted by molar-refractivity contribution is 5.97. The molecule has 7 heteroatoms. The first kappa shape index (κ1) is 14.8. The number of terminal acetylenes is 1. The molecule has 0 aliphatic rings. The quantitative estimate of drug-likeness (QED) is 0.826. The Bertz CT molecular complexity index is 544. The average molecular weight is 271 g/mol. The van der Waals surface area contributed by atoms with Gasteiger partial charge in [-0.2, -0.15) is 13.2 Å². The number of amides is 1. The van der Waals surface area contributed by atoms with Gasteiger partial charge in [-0.05, 0) is 26.0 Å². The second-order valence-electron chi connectivity index (χ2n) is 4.35. The molecule has 1 heterocycles. The Labute approximate surface area is 108 Å². The molecule has 0 saturated heterocycles. The molecule has 1 rings (SSSR count). The van der Waals surface area contributed by atoms with Crippen molar-refractivity contribution in [2.45, 2.75) is 25.6 Å². The maximum Gasteiger partial charge on any atom is 0.433 e. The zero-order valence-corrected chi connectivity index (χ0v) is 10.3. The van der Waals surface area contributed by atoms with E-state index in [4.69, 9.17) is 12.2 Å². The lowest BCUT2D eigenvalue weighted by Gasteiger charge is -2.22. The molecule has 0 radical (unpaired) electrons. The van der Waals surface area contributed by atoms with Crippen LogP contribution in [0.4, 0.5) is 19.0 Å². The zero-order chi connectivity index (χ0) is 14.8. The number of pyridine rings is 1. The Balaban J connectivity index is 3.33. The molecule has 1 aromatic rings. The van der Waals surface area contributed by atoms with E-state index in [1.54, 1.807) is 13.8 Å². The van der Waals surface area contributed by atoms with Gasteiger partial charge in [0, 0.05) is 0 Å². The normalized spacial score (nSPS) is 11.8. The van der Waals surface area contributed by atoms with Crippen molar-refractivity contribution in [3.05, 3.63) is 23.4 Å². The van der Waals surface area contributed by atoms with E-state index in [0.717, 1.165) is 6.07 Å². The number of rotatable bonds is 3. The van der Waals surface area contributed by atoms with Gasteiger partial charge in [0.15, 0.2) is 0 Å².